The zero-order chi connectivity index (χ0) is 14.8. The molecule has 0 bridgehead atoms. The molecule has 0 aliphatic carbocycles. The van der Waals surface area contributed by atoms with E-state index in [4.69, 9.17) is 4.74 Å². The molecular weight excluding hydrogens is 288 g/mol. The number of anilines is 1. The van der Waals surface area contributed by atoms with Gasteiger partial charge in [-0.15, -0.1) is 0 Å². The van der Waals surface area contributed by atoms with Crippen LogP contribution in [0.1, 0.15) is 19.3 Å². The molecular formula is C13H17F2NO3S. The maximum Gasteiger partial charge on any atom is 0.237 e. The second kappa shape index (κ2) is 6.05. The number of hydrogen-bond acceptors (Lipinski definition) is 3. The van der Waals surface area contributed by atoms with Gasteiger partial charge in [-0.3, -0.25) is 4.31 Å². The van der Waals surface area contributed by atoms with Crippen LogP contribution in [0.5, 0.6) is 0 Å². The van der Waals surface area contributed by atoms with Crippen LogP contribution in [0.2, 0.25) is 0 Å². The molecule has 0 aromatic heterocycles. The van der Waals surface area contributed by atoms with Crippen LogP contribution >= 0.6 is 0 Å². The quantitative estimate of drug-likeness (QED) is 0.857. The molecule has 1 aliphatic rings. The van der Waals surface area contributed by atoms with Gasteiger partial charge in [-0.25, -0.2) is 17.2 Å². The average molecular weight is 305 g/mol. The van der Waals surface area contributed by atoms with Crippen molar-refractivity contribution >= 4 is 15.7 Å². The number of halogens is 2. The van der Waals surface area contributed by atoms with Gasteiger partial charge < -0.3 is 4.74 Å². The van der Waals surface area contributed by atoms with Crippen LogP contribution in [0.25, 0.3) is 0 Å². The maximum absolute atomic E-state index is 13.2. The summed E-state index contributed by atoms with van der Waals surface area (Å²) in [6, 6.07) is 3.01. The van der Waals surface area contributed by atoms with E-state index in [-0.39, 0.29) is 17.5 Å². The third-order valence-corrected chi connectivity index (χ3v) is 5.19. The molecule has 0 spiro atoms. The van der Waals surface area contributed by atoms with E-state index in [0.717, 1.165) is 29.3 Å². The molecule has 2 rings (SSSR count). The van der Waals surface area contributed by atoms with Crippen molar-refractivity contribution in [2.75, 3.05) is 23.7 Å². The number of rotatable bonds is 4. The lowest BCUT2D eigenvalue weighted by Gasteiger charge is -2.26. The number of benzene rings is 1. The van der Waals surface area contributed by atoms with Gasteiger partial charge in [0.1, 0.15) is 0 Å². The molecule has 1 aromatic rings. The number of hydrogen-bond donors (Lipinski definition) is 0. The van der Waals surface area contributed by atoms with Crippen molar-refractivity contribution in [1.29, 1.82) is 0 Å². The number of ether oxygens (including phenoxy) is 1. The molecule has 1 heterocycles. The van der Waals surface area contributed by atoms with E-state index in [1.807, 2.05) is 0 Å². The summed E-state index contributed by atoms with van der Waals surface area (Å²) in [5.41, 5.74) is 0.0970. The standard InChI is InChI=1S/C13H17F2NO3S/c1-16(10-5-6-12(14)13(15)8-10)20(17,18)9-11-4-2-3-7-19-11/h5-6,8,11H,2-4,7,9H2,1H3. The van der Waals surface area contributed by atoms with Gasteiger partial charge in [0.15, 0.2) is 11.6 Å². The van der Waals surface area contributed by atoms with Gasteiger partial charge in [-0.1, -0.05) is 0 Å². The fourth-order valence-electron chi connectivity index (χ4n) is 2.13. The lowest BCUT2D eigenvalue weighted by atomic mass is 10.1. The Balaban J connectivity index is 2.13. The number of nitrogens with zero attached hydrogens (tertiary/aromatic N) is 1. The minimum atomic E-state index is -3.62. The van der Waals surface area contributed by atoms with Gasteiger partial charge in [0.05, 0.1) is 17.5 Å². The van der Waals surface area contributed by atoms with E-state index in [2.05, 4.69) is 0 Å². The Hall–Kier alpha value is -1.21. The molecule has 1 atom stereocenters. The third-order valence-electron chi connectivity index (χ3n) is 3.35. The van der Waals surface area contributed by atoms with Crippen molar-refractivity contribution in [3.8, 4) is 0 Å². The predicted molar refractivity (Wildman–Crippen MR) is 72.1 cm³/mol. The van der Waals surface area contributed by atoms with Gasteiger partial charge in [-0.05, 0) is 31.4 Å². The van der Waals surface area contributed by atoms with Gasteiger partial charge in [0.2, 0.25) is 10.0 Å². The second-order valence-corrected chi connectivity index (χ2v) is 6.88. The molecule has 0 N–H and O–H groups in total. The van der Waals surface area contributed by atoms with Crippen molar-refractivity contribution in [2.45, 2.75) is 25.4 Å². The first-order chi connectivity index (χ1) is 9.40. The molecule has 1 fully saturated rings. The summed E-state index contributed by atoms with van der Waals surface area (Å²) in [6.07, 6.45) is 2.25. The first kappa shape index (κ1) is 15.2. The van der Waals surface area contributed by atoms with Gasteiger partial charge in [-0.2, -0.15) is 0 Å². The topological polar surface area (TPSA) is 46.6 Å². The lowest BCUT2D eigenvalue weighted by molar-refractivity contribution is 0.0305. The normalized spacial score (nSPS) is 19.9. The summed E-state index contributed by atoms with van der Waals surface area (Å²) >= 11 is 0. The molecule has 112 valence electrons. The molecule has 0 saturated carbocycles. The predicted octanol–water partition coefficient (Wildman–Crippen LogP) is 2.30. The fourth-order valence-corrected chi connectivity index (χ4v) is 3.52. The highest BCUT2D eigenvalue weighted by Gasteiger charge is 2.26. The Morgan fingerprint density at radius 2 is 2.05 bits per heavy atom. The minimum absolute atomic E-state index is 0.0970. The van der Waals surface area contributed by atoms with E-state index < -0.39 is 21.7 Å². The molecule has 1 saturated heterocycles. The van der Waals surface area contributed by atoms with Crippen LogP contribution in [0.3, 0.4) is 0 Å². The van der Waals surface area contributed by atoms with Crippen LogP contribution in [-0.2, 0) is 14.8 Å². The van der Waals surface area contributed by atoms with Crippen LogP contribution < -0.4 is 4.31 Å². The zero-order valence-electron chi connectivity index (χ0n) is 11.2. The Kier molecular flexibility index (Phi) is 4.59. The van der Waals surface area contributed by atoms with Crippen LogP contribution in [-0.4, -0.2) is 33.9 Å². The highest BCUT2D eigenvalue weighted by molar-refractivity contribution is 7.92. The monoisotopic (exact) mass is 305 g/mol. The molecule has 1 unspecified atom stereocenters. The summed E-state index contributed by atoms with van der Waals surface area (Å²) < 4.78 is 56.9. The molecule has 7 heteroatoms. The minimum Gasteiger partial charge on any atom is -0.377 e. The maximum atomic E-state index is 13.2. The molecule has 20 heavy (non-hydrogen) atoms. The largest absolute Gasteiger partial charge is 0.377 e. The van der Waals surface area contributed by atoms with Crippen molar-refractivity contribution in [3.05, 3.63) is 29.8 Å². The van der Waals surface area contributed by atoms with Gasteiger partial charge in [0.25, 0.3) is 0 Å². The Bertz CT molecular complexity index is 571. The van der Waals surface area contributed by atoms with Crippen LogP contribution in [0.4, 0.5) is 14.5 Å². The molecule has 1 aromatic carbocycles. The Labute approximate surface area is 117 Å². The van der Waals surface area contributed by atoms with Crippen molar-refractivity contribution in [2.24, 2.45) is 0 Å². The lowest BCUT2D eigenvalue weighted by Crippen LogP contribution is -2.36. The smallest absolute Gasteiger partial charge is 0.237 e. The van der Waals surface area contributed by atoms with E-state index in [0.29, 0.717) is 13.0 Å². The fraction of sp³-hybridized carbons (Fsp3) is 0.538. The first-order valence-corrected chi connectivity index (χ1v) is 8.04. The summed E-state index contributed by atoms with van der Waals surface area (Å²) in [7, 11) is -2.30. The van der Waals surface area contributed by atoms with Crippen LogP contribution in [0.15, 0.2) is 18.2 Å². The number of sulfonamides is 1. The first-order valence-electron chi connectivity index (χ1n) is 6.43. The van der Waals surface area contributed by atoms with Crippen molar-refractivity contribution < 1.29 is 21.9 Å². The zero-order valence-corrected chi connectivity index (χ0v) is 12.0. The summed E-state index contributed by atoms with van der Waals surface area (Å²) in [4.78, 5) is 0. The Morgan fingerprint density at radius 1 is 1.30 bits per heavy atom. The summed E-state index contributed by atoms with van der Waals surface area (Å²) in [5.74, 6) is -2.23. The summed E-state index contributed by atoms with van der Waals surface area (Å²) in [5, 5.41) is 0. The van der Waals surface area contributed by atoms with E-state index in [1.165, 1.54) is 13.1 Å². The van der Waals surface area contributed by atoms with E-state index >= 15 is 0 Å². The Morgan fingerprint density at radius 3 is 2.65 bits per heavy atom. The molecule has 1 aliphatic heterocycles. The summed E-state index contributed by atoms with van der Waals surface area (Å²) in [6.45, 7) is 0.565. The van der Waals surface area contributed by atoms with Crippen LogP contribution in [0, 0.1) is 11.6 Å². The highest BCUT2D eigenvalue weighted by Crippen LogP contribution is 2.22. The average Bonchev–Trinajstić information content (AvgIpc) is 2.41. The molecule has 0 radical (unpaired) electrons. The van der Waals surface area contributed by atoms with Gasteiger partial charge >= 0.3 is 0 Å². The molecule has 4 nitrogen and oxygen atoms in total. The van der Waals surface area contributed by atoms with E-state index in [1.54, 1.807) is 0 Å². The highest BCUT2D eigenvalue weighted by atomic mass is 32.2. The second-order valence-electron chi connectivity index (χ2n) is 4.83. The van der Waals surface area contributed by atoms with Gasteiger partial charge in [0, 0.05) is 19.7 Å². The van der Waals surface area contributed by atoms with E-state index in [9.17, 15) is 17.2 Å². The van der Waals surface area contributed by atoms with Crippen molar-refractivity contribution in [3.63, 3.8) is 0 Å². The SMILES string of the molecule is CN(c1ccc(F)c(F)c1)S(=O)(=O)CC1CCCCO1. The molecule has 0 amide bonds. The van der Waals surface area contributed by atoms with Crippen molar-refractivity contribution in [1.82, 2.24) is 0 Å². The third kappa shape index (κ3) is 3.46.